The van der Waals surface area contributed by atoms with Gasteiger partial charge in [-0.25, -0.2) is 4.79 Å². The van der Waals surface area contributed by atoms with Crippen LogP contribution in [0, 0.1) is 0 Å². The van der Waals surface area contributed by atoms with Crippen LogP contribution in [0.15, 0.2) is 59.4 Å². The van der Waals surface area contributed by atoms with E-state index in [1.54, 1.807) is 36.4 Å². The summed E-state index contributed by atoms with van der Waals surface area (Å²) in [7, 11) is 0. The smallest absolute Gasteiger partial charge is 0.345 e. The van der Waals surface area contributed by atoms with Crippen molar-refractivity contribution in [2.45, 2.75) is 6.42 Å². The fraction of sp³-hybridized carbons (Fsp3) is 0.150. The molecule has 1 amide bonds. The Hall–Kier alpha value is -3.45. The number of nitrogens with two attached hydrogens (primary N) is 1. The molecule has 0 bridgehead atoms. The Morgan fingerprint density at radius 1 is 1.11 bits per heavy atom. The van der Waals surface area contributed by atoms with Gasteiger partial charge in [0.2, 0.25) is 0 Å². The van der Waals surface area contributed by atoms with Gasteiger partial charge in [-0.1, -0.05) is 12.1 Å². The highest BCUT2D eigenvalue weighted by atomic mass is 16.3. The van der Waals surface area contributed by atoms with Gasteiger partial charge >= 0.3 is 5.69 Å². The van der Waals surface area contributed by atoms with Gasteiger partial charge in [-0.15, -0.1) is 0 Å². The van der Waals surface area contributed by atoms with E-state index >= 15 is 0 Å². The molecular formula is C20H20N4O3. The zero-order chi connectivity index (χ0) is 19.2. The van der Waals surface area contributed by atoms with Gasteiger partial charge in [0.05, 0.1) is 11.4 Å². The quantitative estimate of drug-likeness (QED) is 0.498. The number of hydrogen-bond acceptors (Lipinski definition) is 5. The van der Waals surface area contributed by atoms with Crippen molar-refractivity contribution in [1.82, 2.24) is 15.3 Å². The van der Waals surface area contributed by atoms with Crippen LogP contribution in [0.25, 0.3) is 22.5 Å². The third-order valence-corrected chi connectivity index (χ3v) is 4.01. The summed E-state index contributed by atoms with van der Waals surface area (Å²) < 4.78 is 0. The van der Waals surface area contributed by atoms with Crippen molar-refractivity contribution in [3.63, 3.8) is 0 Å². The van der Waals surface area contributed by atoms with E-state index in [-0.39, 0.29) is 11.7 Å². The maximum atomic E-state index is 12.2. The lowest BCUT2D eigenvalue weighted by molar-refractivity contribution is 0.0953. The number of nitrogens with one attached hydrogen (secondary N) is 2. The minimum atomic E-state index is -0.492. The molecule has 0 saturated heterocycles. The van der Waals surface area contributed by atoms with E-state index in [0.717, 1.165) is 0 Å². The first-order valence-corrected chi connectivity index (χ1v) is 8.56. The molecule has 3 rings (SSSR count). The van der Waals surface area contributed by atoms with Crippen LogP contribution in [-0.4, -0.2) is 34.1 Å². The SMILES string of the molecule is NCCCNC(=O)c1cccc(-c2cc(-c3ccc(O)cc3)nc(=O)[nH]2)c1. The summed E-state index contributed by atoms with van der Waals surface area (Å²) in [5.41, 5.74) is 7.86. The molecule has 3 aromatic rings. The molecule has 138 valence electrons. The van der Waals surface area contributed by atoms with E-state index in [9.17, 15) is 14.7 Å². The maximum absolute atomic E-state index is 12.2. The molecule has 0 atom stereocenters. The predicted octanol–water partition coefficient (Wildman–Crippen LogP) is 1.89. The van der Waals surface area contributed by atoms with Gasteiger partial charge in [-0.3, -0.25) is 4.79 Å². The van der Waals surface area contributed by atoms with Crippen LogP contribution in [0.1, 0.15) is 16.8 Å². The van der Waals surface area contributed by atoms with Crippen molar-refractivity contribution in [3.05, 3.63) is 70.6 Å². The number of nitrogens with zero attached hydrogens (tertiary/aromatic N) is 1. The standard InChI is InChI=1S/C20H20N4O3/c21-9-2-10-22-19(26)15-4-1-3-14(11-15)18-12-17(23-20(27)24-18)13-5-7-16(25)8-6-13/h1,3-8,11-12,25H,2,9-10,21H2,(H,22,26)(H,23,24,27). The fourth-order valence-electron chi connectivity index (χ4n) is 2.63. The van der Waals surface area contributed by atoms with Gasteiger partial charge in [-0.05, 0) is 61.0 Å². The van der Waals surface area contributed by atoms with Crippen LogP contribution in [0.2, 0.25) is 0 Å². The number of rotatable bonds is 6. The Morgan fingerprint density at radius 2 is 1.89 bits per heavy atom. The number of phenols is 1. The summed E-state index contributed by atoms with van der Waals surface area (Å²) in [6.45, 7) is 1.02. The summed E-state index contributed by atoms with van der Waals surface area (Å²) in [5.74, 6) is -0.0578. The molecule has 0 radical (unpaired) electrons. The summed E-state index contributed by atoms with van der Waals surface area (Å²) in [6, 6.07) is 15.2. The van der Waals surface area contributed by atoms with Crippen molar-refractivity contribution in [3.8, 4) is 28.3 Å². The molecule has 0 saturated carbocycles. The minimum Gasteiger partial charge on any atom is -0.508 e. The molecule has 1 heterocycles. The summed E-state index contributed by atoms with van der Waals surface area (Å²) >= 11 is 0. The number of aromatic amines is 1. The van der Waals surface area contributed by atoms with Crippen LogP contribution in [0.3, 0.4) is 0 Å². The monoisotopic (exact) mass is 364 g/mol. The lowest BCUT2D eigenvalue weighted by Crippen LogP contribution is -2.25. The number of benzene rings is 2. The molecule has 1 aromatic heterocycles. The normalized spacial score (nSPS) is 10.6. The zero-order valence-corrected chi connectivity index (χ0v) is 14.6. The molecule has 0 aliphatic carbocycles. The van der Waals surface area contributed by atoms with Crippen LogP contribution in [0.4, 0.5) is 0 Å². The largest absolute Gasteiger partial charge is 0.508 e. The average molecular weight is 364 g/mol. The molecule has 5 N–H and O–H groups in total. The molecule has 27 heavy (non-hydrogen) atoms. The number of aromatic hydroxyl groups is 1. The Balaban J connectivity index is 1.92. The maximum Gasteiger partial charge on any atom is 0.345 e. The molecule has 0 fully saturated rings. The van der Waals surface area contributed by atoms with E-state index in [2.05, 4.69) is 15.3 Å². The number of aromatic nitrogens is 2. The zero-order valence-electron chi connectivity index (χ0n) is 14.6. The highest BCUT2D eigenvalue weighted by Gasteiger charge is 2.09. The molecule has 7 nitrogen and oxygen atoms in total. The van der Waals surface area contributed by atoms with E-state index in [4.69, 9.17) is 5.73 Å². The van der Waals surface area contributed by atoms with Crippen molar-refractivity contribution in [1.29, 1.82) is 0 Å². The van der Waals surface area contributed by atoms with Crippen LogP contribution in [0.5, 0.6) is 5.75 Å². The Bertz CT molecular complexity index is 997. The van der Waals surface area contributed by atoms with Crippen LogP contribution < -0.4 is 16.7 Å². The molecule has 0 spiro atoms. The van der Waals surface area contributed by atoms with E-state index in [0.29, 0.717) is 47.6 Å². The van der Waals surface area contributed by atoms with E-state index in [1.165, 1.54) is 12.1 Å². The highest BCUT2D eigenvalue weighted by Crippen LogP contribution is 2.24. The number of carbonyl (C=O) groups excluding carboxylic acids is 1. The molecule has 0 aliphatic rings. The van der Waals surface area contributed by atoms with Crippen molar-refractivity contribution in [2.24, 2.45) is 5.73 Å². The second-order valence-corrected chi connectivity index (χ2v) is 6.01. The molecule has 7 heteroatoms. The van der Waals surface area contributed by atoms with Gasteiger partial charge in [-0.2, -0.15) is 4.98 Å². The van der Waals surface area contributed by atoms with Crippen molar-refractivity contribution < 1.29 is 9.90 Å². The van der Waals surface area contributed by atoms with Crippen LogP contribution >= 0.6 is 0 Å². The van der Waals surface area contributed by atoms with Gasteiger partial charge in [0, 0.05) is 17.7 Å². The molecule has 0 aliphatic heterocycles. The van der Waals surface area contributed by atoms with Gasteiger partial charge in [0.1, 0.15) is 5.75 Å². The predicted molar refractivity (Wildman–Crippen MR) is 103 cm³/mol. The third kappa shape index (κ3) is 4.59. The summed E-state index contributed by atoms with van der Waals surface area (Å²) in [6.07, 6.45) is 0.707. The van der Waals surface area contributed by atoms with Crippen molar-refractivity contribution >= 4 is 5.91 Å². The molecule has 0 unspecified atom stereocenters. The van der Waals surface area contributed by atoms with Gasteiger partial charge in [0.25, 0.3) is 5.91 Å². The molecular weight excluding hydrogens is 344 g/mol. The number of amides is 1. The lowest BCUT2D eigenvalue weighted by Gasteiger charge is -2.08. The first kappa shape index (κ1) is 18.3. The van der Waals surface area contributed by atoms with E-state index in [1.807, 2.05) is 6.07 Å². The number of phenolic OH excluding ortho intramolecular Hbond substituents is 1. The number of H-pyrrole nitrogens is 1. The average Bonchev–Trinajstić information content (AvgIpc) is 2.68. The Kier molecular flexibility index (Phi) is 5.63. The summed E-state index contributed by atoms with van der Waals surface area (Å²) in [5, 5.41) is 12.2. The van der Waals surface area contributed by atoms with E-state index < -0.39 is 5.69 Å². The Morgan fingerprint density at radius 3 is 2.63 bits per heavy atom. The third-order valence-electron chi connectivity index (χ3n) is 4.01. The Labute approximate surface area is 155 Å². The number of hydrogen-bond donors (Lipinski definition) is 4. The first-order valence-electron chi connectivity index (χ1n) is 8.56. The molecule has 2 aromatic carbocycles. The van der Waals surface area contributed by atoms with Crippen LogP contribution in [-0.2, 0) is 0 Å². The summed E-state index contributed by atoms with van der Waals surface area (Å²) in [4.78, 5) is 30.9. The van der Waals surface area contributed by atoms with Gasteiger partial charge in [0.15, 0.2) is 0 Å². The minimum absolute atomic E-state index is 0.136. The second kappa shape index (κ2) is 8.29. The topological polar surface area (TPSA) is 121 Å². The highest BCUT2D eigenvalue weighted by molar-refractivity contribution is 5.95. The fourth-order valence-corrected chi connectivity index (χ4v) is 2.63. The second-order valence-electron chi connectivity index (χ2n) is 6.01. The van der Waals surface area contributed by atoms with Crippen molar-refractivity contribution in [2.75, 3.05) is 13.1 Å². The lowest BCUT2D eigenvalue weighted by atomic mass is 10.0. The first-order chi connectivity index (χ1) is 13.1. The number of carbonyl (C=O) groups is 1. The van der Waals surface area contributed by atoms with Gasteiger partial charge < -0.3 is 21.1 Å².